The zero-order valence-corrected chi connectivity index (χ0v) is 11.8. The van der Waals surface area contributed by atoms with Gasteiger partial charge >= 0.3 is 12.1 Å². The fourth-order valence-corrected chi connectivity index (χ4v) is 1.98. The number of carbonyl (C=O) groups excluding carboxylic acids is 1. The normalized spacial score (nSPS) is 11.1. The van der Waals surface area contributed by atoms with E-state index in [0.29, 0.717) is 5.56 Å². The summed E-state index contributed by atoms with van der Waals surface area (Å²) in [7, 11) is 2.57. The Hall–Kier alpha value is -2.57. The Balaban J connectivity index is 2.58. The van der Waals surface area contributed by atoms with Gasteiger partial charge in [0.2, 0.25) is 5.88 Å². The molecule has 1 heterocycles. The second-order valence-electron chi connectivity index (χ2n) is 4.31. The molecule has 0 atom stereocenters. The van der Waals surface area contributed by atoms with E-state index in [4.69, 9.17) is 4.74 Å². The van der Waals surface area contributed by atoms with Gasteiger partial charge in [0.1, 0.15) is 0 Å². The quantitative estimate of drug-likeness (QED) is 0.813. The SMILES string of the molecule is COC(=O)c1ccnc(OC)c1-c1ccc(C(F)(F)F)cc1. The summed E-state index contributed by atoms with van der Waals surface area (Å²) in [6, 6.07) is 5.80. The van der Waals surface area contributed by atoms with Crippen LogP contribution in [0.2, 0.25) is 0 Å². The van der Waals surface area contributed by atoms with Crippen LogP contribution in [-0.2, 0) is 10.9 Å². The van der Waals surface area contributed by atoms with E-state index in [2.05, 4.69) is 9.72 Å². The van der Waals surface area contributed by atoms with Crippen molar-refractivity contribution in [1.29, 1.82) is 0 Å². The first-order valence-corrected chi connectivity index (χ1v) is 6.17. The molecule has 0 radical (unpaired) electrons. The van der Waals surface area contributed by atoms with Crippen molar-refractivity contribution in [2.75, 3.05) is 14.2 Å². The van der Waals surface area contributed by atoms with Gasteiger partial charge in [-0.3, -0.25) is 0 Å². The predicted molar refractivity (Wildman–Crippen MR) is 72.6 cm³/mol. The molecule has 1 aromatic heterocycles. The maximum Gasteiger partial charge on any atom is 0.416 e. The number of benzene rings is 1. The number of halogens is 3. The maximum absolute atomic E-state index is 12.6. The van der Waals surface area contributed by atoms with Gasteiger partial charge in [0.25, 0.3) is 0 Å². The van der Waals surface area contributed by atoms with Gasteiger partial charge in [0, 0.05) is 6.20 Å². The van der Waals surface area contributed by atoms with Crippen LogP contribution in [0.3, 0.4) is 0 Å². The number of esters is 1. The van der Waals surface area contributed by atoms with E-state index in [1.54, 1.807) is 0 Å². The Morgan fingerprint density at radius 2 is 1.73 bits per heavy atom. The Bertz CT molecular complexity index is 681. The number of rotatable bonds is 3. The summed E-state index contributed by atoms with van der Waals surface area (Å²) in [5.74, 6) is -0.502. The summed E-state index contributed by atoms with van der Waals surface area (Å²) in [4.78, 5) is 15.8. The van der Waals surface area contributed by atoms with E-state index in [1.807, 2.05) is 0 Å². The molecule has 0 aliphatic rings. The third kappa shape index (κ3) is 3.03. The van der Waals surface area contributed by atoms with Gasteiger partial charge in [-0.15, -0.1) is 0 Å². The van der Waals surface area contributed by atoms with E-state index >= 15 is 0 Å². The third-order valence-corrected chi connectivity index (χ3v) is 3.02. The zero-order valence-electron chi connectivity index (χ0n) is 11.8. The molecular weight excluding hydrogens is 299 g/mol. The molecule has 0 fully saturated rings. The molecule has 1 aromatic carbocycles. The van der Waals surface area contributed by atoms with Crippen LogP contribution in [0.1, 0.15) is 15.9 Å². The van der Waals surface area contributed by atoms with Gasteiger partial charge in [-0.25, -0.2) is 9.78 Å². The largest absolute Gasteiger partial charge is 0.481 e. The van der Waals surface area contributed by atoms with Crippen LogP contribution in [0.25, 0.3) is 11.1 Å². The summed E-state index contributed by atoms with van der Waals surface area (Å²) in [5.41, 5.74) is 0.0387. The number of carbonyl (C=O) groups is 1. The highest BCUT2D eigenvalue weighted by Crippen LogP contribution is 2.35. The molecule has 0 aliphatic carbocycles. The van der Waals surface area contributed by atoms with Gasteiger partial charge in [0.15, 0.2) is 0 Å². The van der Waals surface area contributed by atoms with E-state index in [0.717, 1.165) is 12.1 Å². The molecule has 0 N–H and O–H groups in total. The number of hydrogen-bond donors (Lipinski definition) is 0. The minimum Gasteiger partial charge on any atom is -0.481 e. The Morgan fingerprint density at radius 1 is 1.09 bits per heavy atom. The van der Waals surface area contributed by atoms with E-state index in [1.165, 1.54) is 38.6 Å². The Labute approximate surface area is 124 Å². The molecule has 0 unspecified atom stereocenters. The van der Waals surface area contributed by atoms with Crippen molar-refractivity contribution >= 4 is 5.97 Å². The van der Waals surface area contributed by atoms with Crippen LogP contribution >= 0.6 is 0 Å². The number of methoxy groups -OCH3 is 2. The minimum atomic E-state index is -4.43. The zero-order chi connectivity index (χ0) is 16.3. The van der Waals surface area contributed by atoms with Crippen molar-refractivity contribution in [2.45, 2.75) is 6.18 Å². The fraction of sp³-hybridized carbons (Fsp3) is 0.200. The molecule has 2 aromatic rings. The molecular formula is C15H12F3NO3. The van der Waals surface area contributed by atoms with Crippen molar-refractivity contribution in [1.82, 2.24) is 4.98 Å². The standard InChI is InChI=1S/C15H12F3NO3/c1-21-13-12(11(7-8-19-13)14(20)22-2)9-3-5-10(6-4-9)15(16,17)18/h3-8H,1-2H3. The summed E-state index contributed by atoms with van der Waals surface area (Å²) >= 11 is 0. The lowest BCUT2D eigenvalue weighted by Crippen LogP contribution is -2.07. The highest BCUT2D eigenvalue weighted by atomic mass is 19.4. The van der Waals surface area contributed by atoms with Crippen molar-refractivity contribution in [3.05, 3.63) is 47.7 Å². The Morgan fingerprint density at radius 3 is 2.23 bits per heavy atom. The molecule has 0 bridgehead atoms. The summed E-state index contributed by atoms with van der Waals surface area (Å²) in [6.45, 7) is 0. The molecule has 0 aliphatic heterocycles. The number of pyridine rings is 1. The number of aromatic nitrogens is 1. The number of nitrogens with zero attached hydrogens (tertiary/aromatic N) is 1. The van der Waals surface area contributed by atoms with E-state index < -0.39 is 17.7 Å². The van der Waals surface area contributed by atoms with Gasteiger partial charge in [-0.05, 0) is 23.8 Å². The smallest absolute Gasteiger partial charge is 0.416 e. The van der Waals surface area contributed by atoms with Gasteiger partial charge in [-0.1, -0.05) is 12.1 Å². The molecule has 0 spiro atoms. The van der Waals surface area contributed by atoms with Crippen molar-refractivity contribution < 1.29 is 27.4 Å². The third-order valence-electron chi connectivity index (χ3n) is 3.02. The van der Waals surface area contributed by atoms with Crippen LogP contribution in [0.4, 0.5) is 13.2 Å². The predicted octanol–water partition coefficient (Wildman–Crippen LogP) is 3.56. The first kappa shape index (κ1) is 15.8. The Kier molecular flexibility index (Phi) is 4.35. The van der Waals surface area contributed by atoms with Crippen molar-refractivity contribution in [3.8, 4) is 17.0 Å². The topological polar surface area (TPSA) is 48.4 Å². The van der Waals surface area contributed by atoms with Crippen LogP contribution < -0.4 is 4.74 Å². The van der Waals surface area contributed by atoms with Crippen LogP contribution in [0, 0.1) is 0 Å². The average Bonchev–Trinajstić information content (AvgIpc) is 2.52. The highest BCUT2D eigenvalue weighted by Gasteiger charge is 2.30. The second-order valence-corrected chi connectivity index (χ2v) is 4.31. The van der Waals surface area contributed by atoms with Crippen molar-refractivity contribution in [3.63, 3.8) is 0 Å². The summed E-state index contributed by atoms with van der Waals surface area (Å²) in [5, 5.41) is 0. The van der Waals surface area contributed by atoms with E-state index in [-0.39, 0.29) is 17.0 Å². The van der Waals surface area contributed by atoms with Gasteiger partial charge in [0.05, 0.1) is 30.9 Å². The minimum absolute atomic E-state index is 0.127. The molecule has 0 amide bonds. The molecule has 4 nitrogen and oxygen atoms in total. The first-order chi connectivity index (χ1) is 10.4. The maximum atomic E-state index is 12.6. The second kappa shape index (κ2) is 6.05. The first-order valence-electron chi connectivity index (χ1n) is 6.17. The lowest BCUT2D eigenvalue weighted by Gasteiger charge is -2.13. The van der Waals surface area contributed by atoms with E-state index in [9.17, 15) is 18.0 Å². The average molecular weight is 311 g/mol. The molecule has 0 saturated heterocycles. The molecule has 116 valence electrons. The summed E-state index contributed by atoms with van der Waals surface area (Å²) in [6.07, 6.45) is -3.07. The molecule has 22 heavy (non-hydrogen) atoms. The molecule has 7 heteroatoms. The fourth-order valence-electron chi connectivity index (χ4n) is 1.98. The highest BCUT2D eigenvalue weighted by molar-refractivity contribution is 5.98. The lowest BCUT2D eigenvalue weighted by molar-refractivity contribution is -0.137. The lowest BCUT2D eigenvalue weighted by atomic mass is 10.00. The number of hydrogen-bond acceptors (Lipinski definition) is 4. The summed E-state index contributed by atoms with van der Waals surface area (Å²) < 4.78 is 47.6. The number of ether oxygens (including phenoxy) is 2. The number of alkyl halides is 3. The molecule has 2 rings (SSSR count). The van der Waals surface area contributed by atoms with Crippen LogP contribution in [0.5, 0.6) is 5.88 Å². The molecule has 0 saturated carbocycles. The van der Waals surface area contributed by atoms with Crippen LogP contribution in [-0.4, -0.2) is 25.2 Å². The van der Waals surface area contributed by atoms with Gasteiger partial charge < -0.3 is 9.47 Å². The van der Waals surface area contributed by atoms with Crippen molar-refractivity contribution in [2.24, 2.45) is 0 Å². The van der Waals surface area contributed by atoms with Crippen LogP contribution in [0.15, 0.2) is 36.5 Å². The monoisotopic (exact) mass is 311 g/mol. The van der Waals surface area contributed by atoms with Gasteiger partial charge in [-0.2, -0.15) is 13.2 Å².